The topological polar surface area (TPSA) is 101 Å². The van der Waals surface area contributed by atoms with Crippen LogP contribution < -0.4 is 16.4 Å². The van der Waals surface area contributed by atoms with Crippen molar-refractivity contribution in [3.05, 3.63) is 95.6 Å². The molecule has 0 aliphatic carbocycles. The number of imide groups is 1. The number of hydrogen-bond acceptors (Lipinski definition) is 4. The Hall–Kier alpha value is -3.72. The highest BCUT2D eigenvalue weighted by atomic mass is 32.2. The molecule has 9 heteroatoms. The first-order valence-electron chi connectivity index (χ1n) is 9.02. The number of urea groups is 1. The number of thioether (sulfide) groups is 1. The van der Waals surface area contributed by atoms with Gasteiger partial charge < -0.3 is 11.1 Å². The van der Waals surface area contributed by atoms with E-state index in [-0.39, 0.29) is 5.56 Å². The number of rotatable bonds is 6. The predicted molar refractivity (Wildman–Crippen MR) is 114 cm³/mol. The summed E-state index contributed by atoms with van der Waals surface area (Å²) in [6, 6.07) is 17.2. The zero-order chi connectivity index (χ0) is 22.4. The molecule has 0 saturated carbocycles. The van der Waals surface area contributed by atoms with Crippen LogP contribution in [0.15, 0.2) is 77.7 Å². The number of anilines is 1. The van der Waals surface area contributed by atoms with Crippen LogP contribution in [0.2, 0.25) is 0 Å². The SMILES string of the molecule is NC(=O)NC(=O)c1cccc(NC(=O)C(Sc2ccc(F)c(F)c2)c2ccccc2)c1. The summed E-state index contributed by atoms with van der Waals surface area (Å²) in [7, 11) is 0. The Balaban J connectivity index is 1.84. The minimum absolute atomic E-state index is 0.126. The van der Waals surface area contributed by atoms with Crippen molar-refractivity contribution in [2.24, 2.45) is 5.73 Å². The lowest BCUT2D eigenvalue weighted by Gasteiger charge is -2.17. The average Bonchev–Trinajstić information content (AvgIpc) is 2.74. The van der Waals surface area contributed by atoms with Crippen molar-refractivity contribution in [1.29, 1.82) is 0 Å². The van der Waals surface area contributed by atoms with Crippen molar-refractivity contribution in [2.75, 3.05) is 5.32 Å². The van der Waals surface area contributed by atoms with Gasteiger partial charge in [0, 0.05) is 16.1 Å². The Labute approximate surface area is 180 Å². The zero-order valence-electron chi connectivity index (χ0n) is 16.0. The van der Waals surface area contributed by atoms with Gasteiger partial charge in [-0.15, -0.1) is 11.8 Å². The molecule has 0 fully saturated rings. The largest absolute Gasteiger partial charge is 0.351 e. The second-order valence-corrected chi connectivity index (χ2v) is 7.55. The summed E-state index contributed by atoms with van der Waals surface area (Å²) in [5, 5.41) is 3.88. The van der Waals surface area contributed by atoms with Crippen molar-refractivity contribution >= 4 is 35.3 Å². The second-order valence-electron chi connectivity index (χ2n) is 6.37. The minimum atomic E-state index is -1.01. The molecular weight excluding hydrogens is 424 g/mol. The fraction of sp³-hybridized carbons (Fsp3) is 0.0455. The van der Waals surface area contributed by atoms with Gasteiger partial charge >= 0.3 is 6.03 Å². The van der Waals surface area contributed by atoms with Crippen molar-refractivity contribution in [3.63, 3.8) is 0 Å². The molecule has 0 radical (unpaired) electrons. The number of nitrogens with one attached hydrogen (secondary N) is 2. The summed E-state index contributed by atoms with van der Waals surface area (Å²) in [6.45, 7) is 0. The number of halogens is 2. The molecule has 0 aliphatic heterocycles. The number of primary amides is 1. The highest BCUT2D eigenvalue weighted by Gasteiger charge is 2.23. The van der Waals surface area contributed by atoms with Crippen molar-refractivity contribution in [3.8, 4) is 0 Å². The van der Waals surface area contributed by atoms with E-state index in [1.54, 1.807) is 36.4 Å². The van der Waals surface area contributed by atoms with Gasteiger partial charge in [-0.3, -0.25) is 14.9 Å². The summed E-state index contributed by atoms with van der Waals surface area (Å²) in [4.78, 5) is 36.3. The molecule has 6 nitrogen and oxygen atoms in total. The van der Waals surface area contributed by atoms with Crippen molar-refractivity contribution in [2.45, 2.75) is 10.1 Å². The smallest absolute Gasteiger partial charge is 0.319 e. The van der Waals surface area contributed by atoms with Gasteiger partial charge in [-0.2, -0.15) is 0 Å². The van der Waals surface area contributed by atoms with Crippen LogP contribution in [-0.4, -0.2) is 17.8 Å². The number of carbonyl (C=O) groups excluding carboxylic acids is 3. The number of nitrogens with two attached hydrogens (primary N) is 1. The lowest BCUT2D eigenvalue weighted by Crippen LogP contribution is -2.34. The van der Waals surface area contributed by atoms with Crippen LogP contribution in [0.3, 0.4) is 0 Å². The first kappa shape index (κ1) is 22.0. The molecule has 31 heavy (non-hydrogen) atoms. The normalized spacial score (nSPS) is 11.4. The van der Waals surface area contributed by atoms with Gasteiger partial charge in [0.05, 0.1) is 0 Å². The molecule has 4 N–H and O–H groups in total. The lowest BCUT2D eigenvalue weighted by atomic mass is 10.1. The molecular formula is C22H17F2N3O3S. The molecule has 4 amide bonds. The summed E-state index contributed by atoms with van der Waals surface area (Å²) in [5.74, 6) is -3.13. The summed E-state index contributed by atoms with van der Waals surface area (Å²) < 4.78 is 26.9. The summed E-state index contributed by atoms with van der Waals surface area (Å²) >= 11 is 1.05. The summed E-state index contributed by atoms with van der Waals surface area (Å²) in [5.41, 5.74) is 6.04. The quantitative estimate of drug-likeness (QED) is 0.498. The predicted octanol–water partition coefficient (Wildman–Crippen LogP) is 4.25. The Morgan fingerprint density at radius 3 is 2.29 bits per heavy atom. The first-order valence-corrected chi connectivity index (χ1v) is 9.90. The molecule has 0 spiro atoms. The molecule has 0 saturated heterocycles. The van der Waals surface area contributed by atoms with E-state index in [1.165, 1.54) is 24.3 Å². The number of carbonyl (C=O) groups is 3. The molecule has 3 aromatic carbocycles. The second kappa shape index (κ2) is 9.86. The van der Waals surface area contributed by atoms with E-state index in [0.717, 1.165) is 23.9 Å². The van der Waals surface area contributed by atoms with E-state index < -0.39 is 34.7 Å². The van der Waals surface area contributed by atoms with Crippen LogP contribution >= 0.6 is 11.8 Å². The third kappa shape index (κ3) is 5.89. The van der Waals surface area contributed by atoms with Crippen LogP contribution in [0.1, 0.15) is 21.2 Å². The minimum Gasteiger partial charge on any atom is -0.351 e. The zero-order valence-corrected chi connectivity index (χ0v) is 16.8. The molecule has 0 aromatic heterocycles. The maximum atomic E-state index is 13.6. The maximum absolute atomic E-state index is 13.6. The standard InChI is InChI=1S/C22H17F2N3O3S/c23-17-10-9-16(12-18(17)24)31-19(13-5-2-1-3-6-13)21(29)26-15-8-4-7-14(11-15)20(28)27-22(25)30/h1-12,19H,(H,26,29)(H3,25,27,28,30). The molecule has 3 rings (SSSR count). The Kier molecular flexibility index (Phi) is 6.99. The molecule has 158 valence electrons. The Bertz CT molecular complexity index is 1130. The van der Waals surface area contributed by atoms with Crippen LogP contribution in [-0.2, 0) is 4.79 Å². The van der Waals surface area contributed by atoms with E-state index in [0.29, 0.717) is 16.1 Å². The first-order chi connectivity index (χ1) is 14.8. The van der Waals surface area contributed by atoms with E-state index in [1.807, 2.05) is 5.32 Å². The van der Waals surface area contributed by atoms with Gasteiger partial charge in [0.25, 0.3) is 5.91 Å². The number of hydrogen-bond donors (Lipinski definition) is 3. The van der Waals surface area contributed by atoms with E-state index in [4.69, 9.17) is 5.73 Å². The maximum Gasteiger partial charge on any atom is 0.319 e. The Morgan fingerprint density at radius 1 is 0.871 bits per heavy atom. The highest BCUT2D eigenvalue weighted by molar-refractivity contribution is 8.00. The third-order valence-electron chi connectivity index (χ3n) is 4.11. The van der Waals surface area contributed by atoms with Gasteiger partial charge in [-0.05, 0) is 42.0 Å². The number of amides is 4. The highest BCUT2D eigenvalue weighted by Crippen LogP contribution is 2.36. The molecule has 1 atom stereocenters. The fourth-order valence-electron chi connectivity index (χ4n) is 2.72. The molecule has 3 aromatic rings. The van der Waals surface area contributed by atoms with Crippen LogP contribution in [0.4, 0.5) is 19.3 Å². The van der Waals surface area contributed by atoms with Gasteiger partial charge in [0.1, 0.15) is 5.25 Å². The van der Waals surface area contributed by atoms with Crippen LogP contribution in [0.25, 0.3) is 0 Å². The van der Waals surface area contributed by atoms with E-state index in [9.17, 15) is 23.2 Å². The van der Waals surface area contributed by atoms with Gasteiger partial charge in [-0.1, -0.05) is 36.4 Å². The van der Waals surface area contributed by atoms with Crippen molar-refractivity contribution in [1.82, 2.24) is 5.32 Å². The average molecular weight is 441 g/mol. The van der Waals surface area contributed by atoms with Crippen LogP contribution in [0, 0.1) is 11.6 Å². The fourth-order valence-corrected chi connectivity index (χ4v) is 3.77. The van der Waals surface area contributed by atoms with Crippen molar-refractivity contribution < 1.29 is 23.2 Å². The monoisotopic (exact) mass is 441 g/mol. The summed E-state index contributed by atoms with van der Waals surface area (Å²) in [6.07, 6.45) is 0. The molecule has 1 unspecified atom stereocenters. The molecule has 0 bridgehead atoms. The number of benzene rings is 3. The van der Waals surface area contributed by atoms with Crippen LogP contribution in [0.5, 0.6) is 0 Å². The molecule has 0 aliphatic rings. The third-order valence-corrected chi connectivity index (χ3v) is 5.36. The van der Waals surface area contributed by atoms with Gasteiger partial charge in [0.15, 0.2) is 11.6 Å². The van der Waals surface area contributed by atoms with E-state index >= 15 is 0 Å². The van der Waals surface area contributed by atoms with Gasteiger partial charge in [-0.25, -0.2) is 13.6 Å². The van der Waals surface area contributed by atoms with Gasteiger partial charge in [0.2, 0.25) is 5.91 Å². The Morgan fingerprint density at radius 2 is 1.61 bits per heavy atom. The van der Waals surface area contributed by atoms with E-state index in [2.05, 4.69) is 5.32 Å². The lowest BCUT2D eigenvalue weighted by molar-refractivity contribution is -0.115. The molecule has 0 heterocycles.